The lowest BCUT2D eigenvalue weighted by molar-refractivity contribution is -0.388. The number of aromatic nitrogens is 2. The van der Waals surface area contributed by atoms with Crippen LogP contribution in [-0.4, -0.2) is 27.2 Å². The van der Waals surface area contributed by atoms with Gasteiger partial charge in [0.1, 0.15) is 6.20 Å². The van der Waals surface area contributed by atoms with Crippen molar-refractivity contribution >= 4 is 23.4 Å². The summed E-state index contributed by atoms with van der Waals surface area (Å²) < 4.78 is 0. The zero-order valence-electron chi connectivity index (χ0n) is 9.97. The molecule has 0 aliphatic heterocycles. The third kappa shape index (κ3) is 4.18. The van der Waals surface area contributed by atoms with Gasteiger partial charge in [-0.3, -0.25) is 10.1 Å². The lowest BCUT2D eigenvalue weighted by Crippen LogP contribution is -2.04. The molecular formula is C10H16N4O2S. The molecule has 1 rings (SSSR count). The second-order valence-electron chi connectivity index (χ2n) is 3.37. The predicted molar refractivity (Wildman–Crippen MR) is 68.5 cm³/mol. The zero-order valence-corrected chi connectivity index (χ0v) is 10.8. The van der Waals surface area contributed by atoms with E-state index in [4.69, 9.17) is 0 Å². The maximum atomic E-state index is 10.8. The molecule has 1 aromatic rings. The van der Waals surface area contributed by atoms with Gasteiger partial charge in [0.15, 0.2) is 5.03 Å². The fourth-order valence-electron chi connectivity index (χ4n) is 1.15. The van der Waals surface area contributed by atoms with Crippen LogP contribution in [0, 0.1) is 10.1 Å². The quantitative estimate of drug-likeness (QED) is 0.265. The van der Waals surface area contributed by atoms with Crippen LogP contribution in [0.15, 0.2) is 11.2 Å². The summed E-state index contributed by atoms with van der Waals surface area (Å²) in [6.45, 7) is 4.70. The van der Waals surface area contributed by atoms with E-state index in [1.807, 2.05) is 6.92 Å². The number of nitro groups is 1. The fraction of sp³-hybridized carbons (Fsp3) is 0.600. The van der Waals surface area contributed by atoms with Gasteiger partial charge >= 0.3 is 5.69 Å². The molecule has 17 heavy (non-hydrogen) atoms. The highest BCUT2D eigenvalue weighted by molar-refractivity contribution is 7.99. The molecule has 1 heterocycles. The molecule has 94 valence electrons. The highest BCUT2D eigenvalue weighted by Crippen LogP contribution is 2.27. The monoisotopic (exact) mass is 256 g/mol. The van der Waals surface area contributed by atoms with Crippen LogP contribution in [0.25, 0.3) is 0 Å². The van der Waals surface area contributed by atoms with E-state index in [1.165, 1.54) is 18.0 Å². The minimum absolute atomic E-state index is 0.0206. The molecule has 6 nitrogen and oxygen atoms in total. The molecule has 0 fully saturated rings. The molecule has 0 saturated heterocycles. The molecule has 1 N–H and O–H groups in total. The Morgan fingerprint density at radius 2 is 2.29 bits per heavy atom. The molecule has 0 aliphatic carbocycles. The molecule has 0 aliphatic rings. The lowest BCUT2D eigenvalue weighted by Gasteiger charge is -2.04. The van der Waals surface area contributed by atoms with E-state index >= 15 is 0 Å². The predicted octanol–water partition coefficient (Wildman–Crippen LogP) is 2.71. The van der Waals surface area contributed by atoms with Crippen LogP contribution in [0.4, 0.5) is 11.6 Å². The summed E-state index contributed by atoms with van der Waals surface area (Å²) in [6, 6.07) is 0. The highest BCUT2D eigenvalue weighted by atomic mass is 32.2. The largest absolute Gasteiger partial charge is 0.354 e. The summed E-state index contributed by atoms with van der Waals surface area (Å²) in [5.74, 6) is 1.28. The number of unbranched alkanes of at least 4 members (excludes halogenated alkanes) is 1. The molecule has 0 bridgehead atoms. The smallest absolute Gasteiger partial charge is 0.319 e. The van der Waals surface area contributed by atoms with Gasteiger partial charge in [-0.25, -0.2) is 4.98 Å². The van der Waals surface area contributed by atoms with Crippen molar-refractivity contribution in [3.8, 4) is 0 Å². The van der Waals surface area contributed by atoms with Gasteiger partial charge in [0.25, 0.3) is 0 Å². The maximum absolute atomic E-state index is 10.8. The van der Waals surface area contributed by atoms with Gasteiger partial charge in [0, 0.05) is 6.54 Å². The number of nitrogens with zero attached hydrogens (tertiary/aromatic N) is 3. The fourth-order valence-corrected chi connectivity index (χ4v) is 2.20. The van der Waals surface area contributed by atoms with Gasteiger partial charge in [0.2, 0.25) is 5.95 Å². The minimum atomic E-state index is -0.440. The van der Waals surface area contributed by atoms with Crippen LogP contribution in [0.3, 0.4) is 0 Å². The standard InChI is InChI=1S/C10H16N4O2S/c1-3-5-6-17-9-8(14(15)16)7-12-10(13-9)11-4-2/h7H,3-6H2,1-2H3,(H,11,12,13). The molecule has 0 amide bonds. The summed E-state index contributed by atoms with van der Waals surface area (Å²) in [5.41, 5.74) is -0.0206. The number of hydrogen-bond donors (Lipinski definition) is 1. The Hall–Kier alpha value is -1.37. The number of nitrogens with one attached hydrogen (secondary N) is 1. The molecular weight excluding hydrogens is 240 g/mol. The minimum Gasteiger partial charge on any atom is -0.354 e. The molecule has 0 saturated carbocycles. The molecule has 0 atom stereocenters. The summed E-state index contributed by atoms with van der Waals surface area (Å²) in [5, 5.41) is 14.2. The Labute approximate surface area is 104 Å². The van der Waals surface area contributed by atoms with E-state index in [0.29, 0.717) is 17.5 Å². The van der Waals surface area contributed by atoms with Crippen LogP contribution in [0.5, 0.6) is 0 Å². The Morgan fingerprint density at radius 3 is 2.88 bits per heavy atom. The van der Waals surface area contributed by atoms with Gasteiger partial charge in [-0.2, -0.15) is 4.98 Å². The van der Waals surface area contributed by atoms with Crippen molar-refractivity contribution in [3.63, 3.8) is 0 Å². The number of anilines is 1. The van der Waals surface area contributed by atoms with Crippen molar-refractivity contribution in [2.45, 2.75) is 31.7 Å². The molecule has 0 radical (unpaired) electrons. The molecule has 0 aromatic carbocycles. The van der Waals surface area contributed by atoms with Crippen molar-refractivity contribution in [1.29, 1.82) is 0 Å². The Morgan fingerprint density at radius 1 is 1.53 bits per heavy atom. The van der Waals surface area contributed by atoms with Crippen molar-refractivity contribution in [2.24, 2.45) is 0 Å². The first-order valence-electron chi connectivity index (χ1n) is 5.57. The second-order valence-corrected chi connectivity index (χ2v) is 4.46. The maximum Gasteiger partial charge on any atom is 0.319 e. The van der Waals surface area contributed by atoms with Crippen molar-refractivity contribution in [1.82, 2.24) is 9.97 Å². The van der Waals surface area contributed by atoms with E-state index in [-0.39, 0.29) is 5.69 Å². The average Bonchev–Trinajstić information content (AvgIpc) is 2.30. The Bertz CT molecular complexity index is 387. The van der Waals surface area contributed by atoms with Crippen molar-refractivity contribution in [3.05, 3.63) is 16.3 Å². The third-order valence-electron chi connectivity index (χ3n) is 2.00. The Balaban J connectivity index is 2.86. The third-order valence-corrected chi connectivity index (χ3v) is 3.07. The van der Waals surface area contributed by atoms with Gasteiger partial charge in [-0.1, -0.05) is 25.1 Å². The van der Waals surface area contributed by atoms with Crippen LogP contribution >= 0.6 is 11.8 Å². The van der Waals surface area contributed by atoms with Crippen LogP contribution in [-0.2, 0) is 0 Å². The van der Waals surface area contributed by atoms with Gasteiger partial charge < -0.3 is 5.32 Å². The van der Waals surface area contributed by atoms with E-state index in [1.54, 1.807) is 0 Å². The van der Waals surface area contributed by atoms with Crippen molar-refractivity contribution in [2.75, 3.05) is 17.6 Å². The number of hydrogen-bond acceptors (Lipinski definition) is 6. The van der Waals surface area contributed by atoms with E-state index in [0.717, 1.165) is 18.6 Å². The first-order chi connectivity index (χ1) is 8.19. The summed E-state index contributed by atoms with van der Waals surface area (Å²) in [6.07, 6.45) is 3.34. The van der Waals surface area contributed by atoms with Crippen molar-refractivity contribution < 1.29 is 4.92 Å². The number of thioether (sulfide) groups is 1. The SMILES string of the molecule is CCCCSc1nc(NCC)ncc1[N+](=O)[O-]. The van der Waals surface area contributed by atoms with E-state index < -0.39 is 4.92 Å². The first kappa shape index (κ1) is 13.7. The molecule has 1 aromatic heterocycles. The van der Waals surface area contributed by atoms with E-state index in [2.05, 4.69) is 22.2 Å². The van der Waals surface area contributed by atoms with Crippen LogP contribution in [0.1, 0.15) is 26.7 Å². The summed E-state index contributed by atoms with van der Waals surface area (Å²) in [4.78, 5) is 18.4. The second kappa shape index (κ2) is 7.05. The Kier molecular flexibility index (Phi) is 5.68. The van der Waals surface area contributed by atoms with E-state index in [9.17, 15) is 10.1 Å². The summed E-state index contributed by atoms with van der Waals surface area (Å²) >= 11 is 1.41. The van der Waals surface area contributed by atoms with Gasteiger partial charge in [0.05, 0.1) is 4.92 Å². The highest BCUT2D eigenvalue weighted by Gasteiger charge is 2.17. The molecule has 0 unspecified atom stereocenters. The number of rotatable bonds is 7. The first-order valence-corrected chi connectivity index (χ1v) is 6.55. The average molecular weight is 256 g/mol. The van der Waals surface area contributed by atoms with Crippen LogP contribution < -0.4 is 5.32 Å². The normalized spacial score (nSPS) is 10.2. The topological polar surface area (TPSA) is 81.0 Å². The lowest BCUT2D eigenvalue weighted by atomic mass is 10.4. The van der Waals surface area contributed by atoms with Crippen LogP contribution in [0.2, 0.25) is 0 Å². The van der Waals surface area contributed by atoms with Gasteiger partial charge in [-0.05, 0) is 19.1 Å². The molecule has 7 heteroatoms. The van der Waals surface area contributed by atoms with Gasteiger partial charge in [-0.15, -0.1) is 0 Å². The summed E-state index contributed by atoms with van der Waals surface area (Å²) in [7, 11) is 0. The zero-order chi connectivity index (χ0) is 12.7. The molecule has 0 spiro atoms.